The van der Waals surface area contributed by atoms with Crippen LogP contribution >= 0.6 is 0 Å². The molecule has 0 bridgehead atoms. The number of hydrogen-bond donors (Lipinski definition) is 2. The van der Waals surface area contributed by atoms with Gasteiger partial charge in [0.25, 0.3) is 0 Å². The summed E-state index contributed by atoms with van der Waals surface area (Å²) in [6.45, 7) is 1.31. The van der Waals surface area contributed by atoms with E-state index in [-0.39, 0.29) is 0 Å². The smallest absolute Gasteiger partial charge is 0.0400 e. The van der Waals surface area contributed by atoms with Crippen LogP contribution in [0.25, 0.3) is 11.1 Å². The second-order valence-corrected chi connectivity index (χ2v) is 5.24. The Hall–Kier alpha value is -2.58. The highest BCUT2D eigenvalue weighted by Crippen LogP contribution is 2.29. The summed E-state index contributed by atoms with van der Waals surface area (Å²) in [5.41, 5.74) is 11.9. The number of benzene rings is 3. The molecule has 0 saturated carbocycles. The number of anilines is 1. The molecule has 0 atom stereocenters. The van der Waals surface area contributed by atoms with Crippen LogP contribution in [0.5, 0.6) is 0 Å². The Bertz CT molecular complexity index is 721. The molecule has 0 aliphatic carbocycles. The van der Waals surface area contributed by atoms with Gasteiger partial charge in [-0.2, -0.15) is 0 Å². The summed E-state index contributed by atoms with van der Waals surface area (Å²) in [5, 5.41) is 3.51. The van der Waals surface area contributed by atoms with E-state index in [1.165, 1.54) is 16.7 Å². The highest BCUT2D eigenvalue weighted by molar-refractivity contribution is 5.74. The molecule has 3 N–H and O–H groups in total. The number of hydrogen-bond acceptors (Lipinski definition) is 2. The van der Waals surface area contributed by atoms with Crippen molar-refractivity contribution in [2.45, 2.75) is 13.1 Å². The topological polar surface area (TPSA) is 38.0 Å². The fraction of sp³-hybridized carbons (Fsp3) is 0.100. The zero-order valence-electron chi connectivity index (χ0n) is 12.5. The first kappa shape index (κ1) is 14.4. The lowest BCUT2D eigenvalue weighted by Crippen LogP contribution is -2.07. The first-order valence-electron chi connectivity index (χ1n) is 7.53. The SMILES string of the molecule is NCc1c(NCc2ccccc2)cccc1-c1ccccc1. The minimum atomic E-state index is 0.516. The Morgan fingerprint density at radius 3 is 2.09 bits per heavy atom. The molecule has 0 fully saturated rings. The minimum absolute atomic E-state index is 0.516. The minimum Gasteiger partial charge on any atom is -0.381 e. The van der Waals surface area contributed by atoms with E-state index in [0.717, 1.165) is 17.8 Å². The average molecular weight is 288 g/mol. The molecular weight excluding hydrogens is 268 g/mol. The maximum atomic E-state index is 6.02. The van der Waals surface area contributed by atoms with Gasteiger partial charge in [-0.3, -0.25) is 0 Å². The summed E-state index contributed by atoms with van der Waals surface area (Å²) >= 11 is 0. The molecule has 0 unspecified atom stereocenters. The van der Waals surface area contributed by atoms with Crippen molar-refractivity contribution in [1.82, 2.24) is 0 Å². The van der Waals surface area contributed by atoms with Gasteiger partial charge in [0.05, 0.1) is 0 Å². The molecule has 0 aliphatic heterocycles. The van der Waals surface area contributed by atoms with Crippen molar-refractivity contribution in [2.24, 2.45) is 5.73 Å². The largest absolute Gasteiger partial charge is 0.381 e. The predicted octanol–water partition coefficient (Wildman–Crippen LogP) is 4.42. The summed E-state index contributed by atoms with van der Waals surface area (Å²) in [4.78, 5) is 0. The van der Waals surface area contributed by atoms with Gasteiger partial charge in [0, 0.05) is 18.8 Å². The summed E-state index contributed by atoms with van der Waals surface area (Å²) < 4.78 is 0. The van der Waals surface area contributed by atoms with Crippen molar-refractivity contribution in [3.8, 4) is 11.1 Å². The van der Waals surface area contributed by atoms with Gasteiger partial charge in [0.2, 0.25) is 0 Å². The highest BCUT2D eigenvalue weighted by atomic mass is 14.9. The first-order valence-corrected chi connectivity index (χ1v) is 7.53. The second kappa shape index (κ2) is 6.92. The van der Waals surface area contributed by atoms with Gasteiger partial charge >= 0.3 is 0 Å². The monoisotopic (exact) mass is 288 g/mol. The van der Waals surface area contributed by atoms with E-state index in [1.807, 2.05) is 12.1 Å². The van der Waals surface area contributed by atoms with Crippen LogP contribution in [0, 0.1) is 0 Å². The molecule has 3 aromatic carbocycles. The van der Waals surface area contributed by atoms with Crippen LogP contribution in [0.1, 0.15) is 11.1 Å². The van der Waals surface area contributed by atoms with Gasteiger partial charge in [-0.15, -0.1) is 0 Å². The molecule has 0 aromatic heterocycles. The van der Waals surface area contributed by atoms with Crippen molar-refractivity contribution < 1.29 is 0 Å². The molecule has 3 aromatic rings. The van der Waals surface area contributed by atoms with Crippen molar-refractivity contribution in [1.29, 1.82) is 0 Å². The third-order valence-corrected chi connectivity index (χ3v) is 3.79. The van der Waals surface area contributed by atoms with Gasteiger partial charge in [-0.05, 0) is 28.3 Å². The van der Waals surface area contributed by atoms with E-state index in [9.17, 15) is 0 Å². The van der Waals surface area contributed by atoms with Crippen molar-refractivity contribution in [3.63, 3.8) is 0 Å². The Kier molecular flexibility index (Phi) is 4.52. The van der Waals surface area contributed by atoms with E-state index in [2.05, 4.69) is 72.0 Å². The molecule has 2 heteroatoms. The van der Waals surface area contributed by atoms with Crippen molar-refractivity contribution in [3.05, 3.63) is 90.0 Å². The van der Waals surface area contributed by atoms with Crippen LogP contribution in [0.4, 0.5) is 5.69 Å². The number of rotatable bonds is 5. The number of nitrogens with two attached hydrogens (primary N) is 1. The maximum Gasteiger partial charge on any atom is 0.0400 e. The molecule has 0 aliphatic rings. The molecule has 0 heterocycles. The van der Waals surface area contributed by atoms with E-state index >= 15 is 0 Å². The zero-order chi connectivity index (χ0) is 15.2. The highest BCUT2D eigenvalue weighted by Gasteiger charge is 2.08. The van der Waals surface area contributed by atoms with E-state index in [4.69, 9.17) is 5.73 Å². The molecule has 0 spiro atoms. The average Bonchev–Trinajstić information content (AvgIpc) is 2.61. The van der Waals surface area contributed by atoms with Crippen LogP contribution in [-0.4, -0.2) is 0 Å². The Morgan fingerprint density at radius 2 is 1.41 bits per heavy atom. The third kappa shape index (κ3) is 3.18. The first-order chi connectivity index (χ1) is 10.9. The van der Waals surface area contributed by atoms with Crippen molar-refractivity contribution >= 4 is 5.69 Å². The van der Waals surface area contributed by atoms with E-state index in [1.54, 1.807) is 0 Å². The maximum absolute atomic E-state index is 6.02. The van der Waals surface area contributed by atoms with Gasteiger partial charge in [0.15, 0.2) is 0 Å². The fourth-order valence-corrected chi connectivity index (χ4v) is 2.65. The van der Waals surface area contributed by atoms with E-state index in [0.29, 0.717) is 6.54 Å². The second-order valence-electron chi connectivity index (χ2n) is 5.24. The Balaban J connectivity index is 1.89. The lowest BCUT2D eigenvalue weighted by atomic mass is 9.98. The van der Waals surface area contributed by atoms with E-state index < -0.39 is 0 Å². The summed E-state index contributed by atoms with van der Waals surface area (Å²) in [7, 11) is 0. The molecule has 0 radical (unpaired) electrons. The van der Waals surface area contributed by atoms with Crippen LogP contribution in [0.15, 0.2) is 78.9 Å². The van der Waals surface area contributed by atoms with Gasteiger partial charge in [0.1, 0.15) is 0 Å². The lowest BCUT2D eigenvalue weighted by molar-refractivity contribution is 1.05. The predicted molar refractivity (Wildman–Crippen MR) is 93.5 cm³/mol. The van der Waals surface area contributed by atoms with Crippen LogP contribution < -0.4 is 11.1 Å². The molecule has 0 amide bonds. The lowest BCUT2D eigenvalue weighted by Gasteiger charge is -2.15. The number of nitrogens with one attached hydrogen (secondary N) is 1. The normalized spacial score (nSPS) is 10.4. The van der Waals surface area contributed by atoms with Crippen LogP contribution in [0.2, 0.25) is 0 Å². The zero-order valence-corrected chi connectivity index (χ0v) is 12.5. The quantitative estimate of drug-likeness (QED) is 0.729. The summed E-state index contributed by atoms with van der Waals surface area (Å²) in [5.74, 6) is 0. The molecule has 22 heavy (non-hydrogen) atoms. The molecule has 110 valence electrons. The summed E-state index contributed by atoms with van der Waals surface area (Å²) in [6, 6.07) is 27.1. The molecule has 2 nitrogen and oxygen atoms in total. The standard InChI is InChI=1S/C20H20N2/c21-14-19-18(17-10-5-2-6-11-17)12-7-13-20(19)22-15-16-8-3-1-4-9-16/h1-13,22H,14-15,21H2. The summed E-state index contributed by atoms with van der Waals surface area (Å²) in [6.07, 6.45) is 0. The van der Waals surface area contributed by atoms with Gasteiger partial charge in [-0.25, -0.2) is 0 Å². The third-order valence-electron chi connectivity index (χ3n) is 3.79. The van der Waals surface area contributed by atoms with Gasteiger partial charge < -0.3 is 11.1 Å². The molecule has 3 rings (SSSR count). The fourth-order valence-electron chi connectivity index (χ4n) is 2.65. The molecular formula is C20H20N2. The van der Waals surface area contributed by atoms with Gasteiger partial charge in [-0.1, -0.05) is 72.8 Å². The van der Waals surface area contributed by atoms with Crippen LogP contribution in [0.3, 0.4) is 0 Å². The van der Waals surface area contributed by atoms with Crippen molar-refractivity contribution in [2.75, 3.05) is 5.32 Å². The Labute approximate surface area is 131 Å². The van der Waals surface area contributed by atoms with Crippen LogP contribution in [-0.2, 0) is 13.1 Å². The Morgan fingerprint density at radius 1 is 0.727 bits per heavy atom. The molecule has 0 saturated heterocycles.